The average molecular weight is 435 g/mol. The summed E-state index contributed by atoms with van der Waals surface area (Å²) >= 11 is 0. The van der Waals surface area contributed by atoms with Crippen LogP contribution in [0.15, 0.2) is 36.4 Å². The van der Waals surface area contributed by atoms with E-state index in [4.69, 9.17) is 10.1 Å². The molecule has 0 amide bonds. The molecule has 0 spiro atoms. The van der Waals surface area contributed by atoms with E-state index in [1.54, 1.807) is 0 Å². The fourth-order valence-electron chi connectivity index (χ4n) is 5.23. The predicted octanol–water partition coefficient (Wildman–Crippen LogP) is 6.45. The molecule has 0 unspecified atom stereocenters. The molecule has 0 saturated heterocycles. The molecule has 0 bridgehead atoms. The number of aromatic nitrogens is 3. The first-order valence-electron chi connectivity index (χ1n) is 11.2. The van der Waals surface area contributed by atoms with Crippen molar-refractivity contribution < 1.29 is 0 Å². The van der Waals surface area contributed by atoms with Crippen LogP contribution in [0.1, 0.15) is 49.2 Å². The van der Waals surface area contributed by atoms with Crippen LogP contribution in [0.5, 0.6) is 0 Å². The van der Waals surface area contributed by atoms with Gasteiger partial charge in [-0.25, -0.2) is 4.98 Å². The van der Waals surface area contributed by atoms with E-state index in [2.05, 4.69) is 80.4 Å². The van der Waals surface area contributed by atoms with E-state index in [-0.39, 0.29) is 12.4 Å². The van der Waals surface area contributed by atoms with E-state index in [0.717, 1.165) is 42.8 Å². The third kappa shape index (κ3) is 3.28. The Morgan fingerprint density at radius 2 is 1.65 bits per heavy atom. The van der Waals surface area contributed by atoms with Crippen LogP contribution < -0.4 is 4.90 Å². The lowest BCUT2D eigenvalue weighted by Crippen LogP contribution is -2.34. The molecule has 31 heavy (non-hydrogen) atoms. The minimum absolute atomic E-state index is 0. The maximum atomic E-state index is 5.08. The molecule has 5 rings (SSSR count). The molecule has 3 heterocycles. The monoisotopic (exact) mass is 434 g/mol. The smallest absolute Gasteiger partial charge is 0.165 e. The van der Waals surface area contributed by atoms with Crippen LogP contribution >= 0.6 is 12.4 Å². The van der Waals surface area contributed by atoms with Gasteiger partial charge in [-0.3, -0.25) is 0 Å². The molecule has 2 aromatic heterocycles. The minimum Gasteiger partial charge on any atom is -0.353 e. The molecule has 0 N–H and O–H groups in total. The van der Waals surface area contributed by atoms with Gasteiger partial charge in [0.15, 0.2) is 5.65 Å². The molecule has 1 aliphatic rings. The van der Waals surface area contributed by atoms with E-state index in [1.165, 1.54) is 38.8 Å². The van der Waals surface area contributed by atoms with Gasteiger partial charge in [-0.2, -0.15) is 9.61 Å². The molecule has 0 fully saturated rings. The van der Waals surface area contributed by atoms with E-state index >= 15 is 0 Å². The Hall–Kier alpha value is -2.59. The SMILES string of the molecule is CCC(CC)N1CCc2c(C)nc3c(-c4cc5ccccc5cc4C)c(C)nn3c21.Cl. The van der Waals surface area contributed by atoms with Crippen molar-refractivity contribution in [2.75, 3.05) is 11.4 Å². The van der Waals surface area contributed by atoms with Gasteiger partial charge in [0.05, 0.1) is 5.69 Å². The lowest BCUT2D eigenvalue weighted by molar-refractivity contribution is 0.563. The van der Waals surface area contributed by atoms with Crippen LogP contribution in [0.4, 0.5) is 5.82 Å². The molecule has 4 aromatic rings. The number of fused-ring (bicyclic) bond motifs is 4. The molecule has 5 heteroatoms. The Kier molecular flexibility index (Phi) is 5.69. The Bertz CT molecular complexity index is 1270. The van der Waals surface area contributed by atoms with Gasteiger partial charge in [-0.05, 0) is 68.0 Å². The molecule has 162 valence electrons. The highest BCUT2D eigenvalue weighted by molar-refractivity contribution is 5.93. The van der Waals surface area contributed by atoms with Crippen molar-refractivity contribution in [1.82, 2.24) is 14.6 Å². The van der Waals surface area contributed by atoms with Gasteiger partial charge in [0, 0.05) is 29.4 Å². The highest BCUT2D eigenvalue weighted by atomic mass is 35.5. The number of rotatable bonds is 4. The van der Waals surface area contributed by atoms with E-state index < -0.39 is 0 Å². The number of aryl methyl sites for hydroxylation is 3. The van der Waals surface area contributed by atoms with Crippen molar-refractivity contribution in [3.63, 3.8) is 0 Å². The Morgan fingerprint density at radius 1 is 0.968 bits per heavy atom. The first-order chi connectivity index (χ1) is 14.5. The van der Waals surface area contributed by atoms with Gasteiger partial charge in [0.2, 0.25) is 0 Å². The van der Waals surface area contributed by atoms with Crippen molar-refractivity contribution in [3.05, 3.63) is 58.9 Å². The average Bonchev–Trinajstić information content (AvgIpc) is 3.30. The number of benzene rings is 2. The maximum absolute atomic E-state index is 5.08. The highest BCUT2D eigenvalue weighted by Crippen LogP contribution is 2.38. The van der Waals surface area contributed by atoms with Crippen LogP contribution in [0.25, 0.3) is 27.5 Å². The normalized spacial score (nSPS) is 13.3. The molecule has 0 radical (unpaired) electrons. The Labute approximate surface area is 190 Å². The zero-order valence-electron chi connectivity index (χ0n) is 19.1. The first kappa shape index (κ1) is 21.6. The molecular formula is C26H31ClN4. The van der Waals surface area contributed by atoms with Crippen molar-refractivity contribution in [2.24, 2.45) is 0 Å². The minimum atomic E-state index is 0. The standard InChI is InChI=1S/C26H30N4.ClH/c1-6-21(7-2)29-13-12-22-17(4)27-25-24(18(5)28-30(25)26(22)29)23-15-20-11-9-8-10-19(20)14-16(23)3;/h8-11,14-15,21H,6-7,12-13H2,1-5H3;1H. The van der Waals surface area contributed by atoms with Crippen molar-refractivity contribution in [3.8, 4) is 11.1 Å². The largest absolute Gasteiger partial charge is 0.353 e. The molecule has 2 aromatic carbocycles. The van der Waals surface area contributed by atoms with E-state index in [1.807, 2.05) is 0 Å². The van der Waals surface area contributed by atoms with E-state index in [9.17, 15) is 0 Å². The number of hydrogen-bond donors (Lipinski definition) is 0. The van der Waals surface area contributed by atoms with Gasteiger partial charge in [-0.1, -0.05) is 44.2 Å². The second-order valence-electron chi connectivity index (χ2n) is 8.62. The van der Waals surface area contributed by atoms with Crippen LogP contribution in [-0.2, 0) is 6.42 Å². The number of halogens is 1. The van der Waals surface area contributed by atoms with Gasteiger partial charge in [0.25, 0.3) is 0 Å². The number of nitrogens with zero attached hydrogens (tertiary/aromatic N) is 4. The number of hydrogen-bond acceptors (Lipinski definition) is 3. The summed E-state index contributed by atoms with van der Waals surface area (Å²) in [7, 11) is 0. The zero-order chi connectivity index (χ0) is 21.0. The van der Waals surface area contributed by atoms with Crippen LogP contribution in [0, 0.1) is 20.8 Å². The summed E-state index contributed by atoms with van der Waals surface area (Å²) in [5.74, 6) is 1.26. The predicted molar refractivity (Wildman–Crippen MR) is 133 cm³/mol. The van der Waals surface area contributed by atoms with Crippen molar-refractivity contribution >= 4 is 34.6 Å². The fourth-order valence-corrected chi connectivity index (χ4v) is 5.23. The molecule has 4 nitrogen and oxygen atoms in total. The summed E-state index contributed by atoms with van der Waals surface area (Å²) in [6.45, 7) is 12.1. The number of anilines is 1. The Morgan fingerprint density at radius 3 is 2.32 bits per heavy atom. The highest BCUT2D eigenvalue weighted by Gasteiger charge is 2.31. The quantitative estimate of drug-likeness (QED) is 0.370. The lowest BCUT2D eigenvalue weighted by atomic mass is 9.96. The summed E-state index contributed by atoms with van der Waals surface area (Å²) in [5, 5.41) is 7.57. The summed E-state index contributed by atoms with van der Waals surface area (Å²) in [6, 6.07) is 13.7. The summed E-state index contributed by atoms with van der Waals surface area (Å²) in [4.78, 5) is 7.65. The fraction of sp³-hybridized carbons (Fsp3) is 0.385. The Balaban J connectivity index is 0.00000231. The zero-order valence-corrected chi connectivity index (χ0v) is 19.9. The van der Waals surface area contributed by atoms with Crippen LogP contribution in [-0.4, -0.2) is 27.2 Å². The van der Waals surface area contributed by atoms with Crippen LogP contribution in [0.2, 0.25) is 0 Å². The van der Waals surface area contributed by atoms with Gasteiger partial charge in [-0.15, -0.1) is 12.4 Å². The molecule has 0 saturated carbocycles. The lowest BCUT2D eigenvalue weighted by Gasteiger charge is -2.28. The van der Waals surface area contributed by atoms with Crippen molar-refractivity contribution in [1.29, 1.82) is 0 Å². The van der Waals surface area contributed by atoms with Gasteiger partial charge >= 0.3 is 0 Å². The first-order valence-corrected chi connectivity index (χ1v) is 11.2. The van der Waals surface area contributed by atoms with Gasteiger partial charge in [0.1, 0.15) is 5.82 Å². The third-order valence-electron chi connectivity index (χ3n) is 6.84. The summed E-state index contributed by atoms with van der Waals surface area (Å²) < 4.78 is 2.13. The summed E-state index contributed by atoms with van der Waals surface area (Å²) in [5.41, 5.74) is 8.21. The van der Waals surface area contributed by atoms with Gasteiger partial charge < -0.3 is 4.90 Å². The molecule has 0 atom stereocenters. The second-order valence-corrected chi connectivity index (χ2v) is 8.62. The molecular weight excluding hydrogens is 404 g/mol. The maximum Gasteiger partial charge on any atom is 0.165 e. The van der Waals surface area contributed by atoms with E-state index in [0.29, 0.717) is 6.04 Å². The molecule has 1 aliphatic heterocycles. The second kappa shape index (κ2) is 8.16. The van der Waals surface area contributed by atoms with Crippen molar-refractivity contribution in [2.45, 2.75) is 59.9 Å². The topological polar surface area (TPSA) is 33.4 Å². The summed E-state index contributed by atoms with van der Waals surface area (Å²) in [6.07, 6.45) is 3.36. The third-order valence-corrected chi connectivity index (χ3v) is 6.84. The molecule has 0 aliphatic carbocycles. The van der Waals surface area contributed by atoms with Crippen LogP contribution in [0.3, 0.4) is 0 Å².